The van der Waals surface area contributed by atoms with Crippen molar-refractivity contribution in [1.82, 2.24) is 5.32 Å². The second-order valence-electron chi connectivity index (χ2n) is 5.90. The van der Waals surface area contributed by atoms with Crippen LogP contribution < -0.4 is 5.32 Å². The molecular weight excluding hydrogens is 281 g/mol. The van der Waals surface area contributed by atoms with Crippen LogP contribution in [0.2, 0.25) is 10.0 Å². The highest BCUT2D eigenvalue weighted by molar-refractivity contribution is 6.42. The van der Waals surface area contributed by atoms with E-state index in [1.165, 1.54) is 5.56 Å². The Kier molecular flexibility index (Phi) is 3.55. The maximum Gasteiger partial charge on any atom is 0.0595 e. The largest absolute Gasteiger partial charge is 0.378 e. The SMILES string of the molecule is CC(C)OC[C@@H]1[C@H]2CNC[C@]21c1ccc(Cl)c(Cl)c1. The fraction of sp³-hybridized carbons (Fsp3) is 0.600. The second-order valence-corrected chi connectivity index (χ2v) is 6.71. The maximum atomic E-state index is 6.16. The summed E-state index contributed by atoms with van der Waals surface area (Å²) < 4.78 is 5.82. The van der Waals surface area contributed by atoms with Crippen molar-refractivity contribution < 1.29 is 4.74 Å². The molecule has 1 saturated heterocycles. The molecule has 0 unspecified atom stereocenters. The molecule has 2 nitrogen and oxygen atoms in total. The molecule has 1 aliphatic heterocycles. The van der Waals surface area contributed by atoms with Gasteiger partial charge in [0.05, 0.1) is 22.8 Å². The van der Waals surface area contributed by atoms with E-state index in [1.807, 2.05) is 12.1 Å². The van der Waals surface area contributed by atoms with Gasteiger partial charge in [0, 0.05) is 12.0 Å². The number of piperidine rings is 1. The van der Waals surface area contributed by atoms with Gasteiger partial charge in [-0.15, -0.1) is 0 Å². The Hall–Kier alpha value is -0.280. The molecule has 1 aliphatic carbocycles. The minimum atomic E-state index is 0.211. The first-order valence-electron chi connectivity index (χ1n) is 6.83. The third-order valence-corrected chi connectivity index (χ3v) is 5.29. The van der Waals surface area contributed by atoms with E-state index < -0.39 is 0 Å². The van der Waals surface area contributed by atoms with E-state index in [4.69, 9.17) is 27.9 Å². The number of hydrogen-bond donors (Lipinski definition) is 1. The van der Waals surface area contributed by atoms with Crippen molar-refractivity contribution >= 4 is 23.2 Å². The number of halogens is 2. The monoisotopic (exact) mass is 299 g/mol. The number of ether oxygens (including phenoxy) is 1. The lowest BCUT2D eigenvalue weighted by Crippen LogP contribution is -2.25. The van der Waals surface area contributed by atoms with Crippen molar-refractivity contribution in [2.45, 2.75) is 25.4 Å². The van der Waals surface area contributed by atoms with Crippen LogP contribution >= 0.6 is 23.2 Å². The van der Waals surface area contributed by atoms with Crippen LogP contribution in [-0.2, 0) is 10.2 Å². The highest BCUT2D eigenvalue weighted by atomic mass is 35.5. The Morgan fingerprint density at radius 1 is 1.37 bits per heavy atom. The summed E-state index contributed by atoms with van der Waals surface area (Å²) in [5.74, 6) is 1.27. The standard InChI is InChI=1S/C15H19Cl2NO/c1-9(2)19-7-12-11-6-18-8-15(11,12)10-3-4-13(16)14(17)5-10/h3-5,9,11-12,18H,6-8H2,1-2H3/t11-,12-,15+/m1/s1. The summed E-state index contributed by atoms with van der Waals surface area (Å²) in [6, 6.07) is 6.05. The fourth-order valence-corrected chi connectivity index (χ4v) is 3.80. The second kappa shape index (κ2) is 4.92. The number of hydrogen-bond acceptors (Lipinski definition) is 2. The van der Waals surface area contributed by atoms with E-state index in [-0.39, 0.29) is 5.41 Å². The van der Waals surface area contributed by atoms with E-state index in [0.29, 0.717) is 28.0 Å². The van der Waals surface area contributed by atoms with Crippen LogP contribution in [0.1, 0.15) is 19.4 Å². The zero-order valence-electron chi connectivity index (χ0n) is 11.2. The summed E-state index contributed by atoms with van der Waals surface area (Å²) in [5, 5.41) is 4.75. The van der Waals surface area contributed by atoms with Gasteiger partial charge < -0.3 is 10.1 Å². The van der Waals surface area contributed by atoms with Gasteiger partial charge in [0.1, 0.15) is 0 Å². The first kappa shape index (κ1) is 13.7. The molecule has 0 aromatic heterocycles. The first-order valence-corrected chi connectivity index (χ1v) is 7.59. The Balaban J connectivity index is 1.83. The van der Waals surface area contributed by atoms with E-state index in [9.17, 15) is 0 Å². The Morgan fingerprint density at radius 3 is 2.84 bits per heavy atom. The minimum Gasteiger partial charge on any atom is -0.378 e. The molecule has 104 valence electrons. The molecule has 0 spiro atoms. The third kappa shape index (κ3) is 2.19. The van der Waals surface area contributed by atoms with Gasteiger partial charge in [-0.3, -0.25) is 0 Å². The molecule has 19 heavy (non-hydrogen) atoms. The van der Waals surface area contributed by atoms with Crippen LogP contribution in [0.4, 0.5) is 0 Å². The van der Waals surface area contributed by atoms with Gasteiger partial charge in [-0.25, -0.2) is 0 Å². The number of benzene rings is 1. The summed E-state index contributed by atoms with van der Waals surface area (Å²) in [5.41, 5.74) is 1.51. The lowest BCUT2D eigenvalue weighted by Gasteiger charge is -2.17. The predicted molar refractivity (Wildman–Crippen MR) is 79.1 cm³/mol. The van der Waals surface area contributed by atoms with Gasteiger partial charge in [-0.1, -0.05) is 29.3 Å². The van der Waals surface area contributed by atoms with Gasteiger partial charge in [0.25, 0.3) is 0 Å². The van der Waals surface area contributed by atoms with Crippen LogP contribution in [0.3, 0.4) is 0 Å². The number of nitrogens with one attached hydrogen (secondary N) is 1. The molecule has 1 aromatic rings. The van der Waals surface area contributed by atoms with Gasteiger partial charge in [0.2, 0.25) is 0 Å². The van der Waals surface area contributed by atoms with Crippen LogP contribution in [0.25, 0.3) is 0 Å². The van der Waals surface area contributed by atoms with Crippen molar-refractivity contribution in [3.63, 3.8) is 0 Å². The molecule has 0 bridgehead atoms. The molecule has 1 N–H and O–H groups in total. The summed E-state index contributed by atoms with van der Waals surface area (Å²) in [6.45, 7) is 7.10. The average Bonchev–Trinajstić information content (AvgIpc) is 2.76. The van der Waals surface area contributed by atoms with Crippen LogP contribution in [0.15, 0.2) is 18.2 Å². The Labute approximate surface area is 124 Å². The summed E-state index contributed by atoms with van der Waals surface area (Å²) in [4.78, 5) is 0. The van der Waals surface area contributed by atoms with Crippen molar-refractivity contribution in [1.29, 1.82) is 0 Å². The molecule has 3 rings (SSSR count). The van der Waals surface area contributed by atoms with Crippen molar-refractivity contribution in [2.24, 2.45) is 11.8 Å². The molecule has 1 heterocycles. The summed E-state index contributed by atoms with van der Waals surface area (Å²) in [7, 11) is 0. The average molecular weight is 300 g/mol. The molecule has 1 aromatic carbocycles. The lowest BCUT2D eigenvalue weighted by atomic mass is 9.93. The van der Waals surface area contributed by atoms with Crippen molar-refractivity contribution in [3.8, 4) is 0 Å². The smallest absolute Gasteiger partial charge is 0.0595 e. The summed E-state index contributed by atoms with van der Waals surface area (Å²) in [6.07, 6.45) is 0.292. The first-order chi connectivity index (χ1) is 9.05. The third-order valence-electron chi connectivity index (χ3n) is 4.55. The molecule has 0 amide bonds. The zero-order valence-corrected chi connectivity index (χ0v) is 12.8. The fourth-order valence-electron chi connectivity index (χ4n) is 3.50. The van der Waals surface area contributed by atoms with E-state index in [0.717, 1.165) is 19.7 Å². The van der Waals surface area contributed by atoms with Crippen LogP contribution in [0, 0.1) is 11.8 Å². The van der Waals surface area contributed by atoms with E-state index in [2.05, 4.69) is 25.2 Å². The predicted octanol–water partition coefficient (Wildman–Crippen LogP) is 3.51. The molecule has 1 saturated carbocycles. The van der Waals surface area contributed by atoms with Gasteiger partial charge in [0.15, 0.2) is 0 Å². The zero-order chi connectivity index (χ0) is 13.6. The van der Waals surface area contributed by atoms with Crippen LogP contribution in [0.5, 0.6) is 0 Å². The molecule has 4 heteroatoms. The number of fused-ring (bicyclic) bond motifs is 1. The normalized spacial score (nSPS) is 32.7. The highest BCUT2D eigenvalue weighted by Crippen LogP contribution is 2.62. The van der Waals surface area contributed by atoms with Gasteiger partial charge in [-0.05, 0) is 49.9 Å². The molecule has 3 atom stereocenters. The number of rotatable bonds is 4. The molecule has 2 aliphatic rings. The Bertz CT molecular complexity index is 491. The lowest BCUT2D eigenvalue weighted by molar-refractivity contribution is 0.0634. The quantitative estimate of drug-likeness (QED) is 0.919. The van der Waals surface area contributed by atoms with Gasteiger partial charge >= 0.3 is 0 Å². The van der Waals surface area contributed by atoms with E-state index >= 15 is 0 Å². The topological polar surface area (TPSA) is 21.3 Å². The Morgan fingerprint density at radius 2 is 2.16 bits per heavy atom. The molecule has 0 radical (unpaired) electrons. The summed E-state index contributed by atoms with van der Waals surface area (Å²) >= 11 is 12.2. The minimum absolute atomic E-state index is 0.211. The van der Waals surface area contributed by atoms with Crippen molar-refractivity contribution in [2.75, 3.05) is 19.7 Å². The highest BCUT2D eigenvalue weighted by Gasteiger charge is 2.67. The van der Waals surface area contributed by atoms with Crippen LogP contribution in [-0.4, -0.2) is 25.8 Å². The van der Waals surface area contributed by atoms with E-state index in [1.54, 1.807) is 0 Å². The van der Waals surface area contributed by atoms with Crippen molar-refractivity contribution in [3.05, 3.63) is 33.8 Å². The molecular formula is C15H19Cl2NO. The molecule has 2 fully saturated rings. The van der Waals surface area contributed by atoms with Gasteiger partial charge in [-0.2, -0.15) is 0 Å². The maximum absolute atomic E-state index is 6.16.